The maximum atomic E-state index is 14.2. The highest BCUT2D eigenvalue weighted by atomic mass is 19.1. The van der Waals surface area contributed by atoms with Crippen LogP contribution in [0.25, 0.3) is 11.5 Å². The Morgan fingerprint density at radius 2 is 2.03 bits per heavy atom. The van der Waals surface area contributed by atoms with E-state index in [1.165, 1.54) is 24.5 Å². The predicted octanol–water partition coefficient (Wildman–Crippen LogP) is 4.26. The molecule has 2 heterocycles. The highest BCUT2D eigenvalue weighted by Crippen LogP contribution is 2.25. The van der Waals surface area contributed by atoms with Gasteiger partial charge in [-0.3, -0.25) is 4.79 Å². The monoisotopic (exact) mass is 411 g/mol. The first-order valence-electron chi connectivity index (χ1n) is 9.99. The van der Waals surface area contributed by atoms with Crippen LogP contribution in [-0.2, 0) is 11.2 Å². The van der Waals surface area contributed by atoms with Crippen molar-refractivity contribution in [1.29, 1.82) is 0 Å². The average Bonchev–Trinajstić information content (AvgIpc) is 3.18. The molecule has 1 N–H and O–H groups in total. The number of hydrogen-bond donors (Lipinski definition) is 1. The maximum absolute atomic E-state index is 14.2. The molecule has 30 heavy (non-hydrogen) atoms. The summed E-state index contributed by atoms with van der Waals surface area (Å²) in [5.41, 5.74) is 2.73. The fraction of sp³-hybridized carbons (Fsp3) is 0.304. The van der Waals surface area contributed by atoms with Crippen LogP contribution in [0.15, 0.2) is 53.1 Å². The van der Waals surface area contributed by atoms with Crippen molar-refractivity contribution in [3.8, 4) is 11.5 Å². The Kier molecular flexibility index (Phi) is 5.79. The number of aryl methyl sites for hydroxylation is 1. The molecular weight excluding hydrogens is 388 g/mol. The highest BCUT2D eigenvalue weighted by molar-refractivity contribution is 5.78. The summed E-state index contributed by atoms with van der Waals surface area (Å²) >= 11 is 0. The summed E-state index contributed by atoms with van der Waals surface area (Å²) in [6, 6.07) is 10.8. The van der Waals surface area contributed by atoms with Gasteiger partial charge in [-0.15, -0.1) is 0 Å². The number of hydrogen-bond acceptors (Lipinski definition) is 4. The molecular formula is C23H23F2N3O2. The molecule has 4 rings (SSSR count). The van der Waals surface area contributed by atoms with E-state index in [4.69, 9.17) is 4.42 Å². The molecule has 0 aliphatic carbocycles. The van der Waals surface area contributed by atoms with Crippen molar-refractivity contribution in [3.63, 3.8) is 0 Å². The van der Waals surface area contributed by atoms with Gasteiger partial charge in [-0.25, -0.2) is 13.8 Å². The van der Waals surface area contributed by atoms with E-state index >= 15 is 0 Å². The fourth-order valence-electron chi connectivity index (χ4n) is 3.74. The van der Waals surface area contributed by atoms with Gasteiger partial charge in [0.2, 0.25) is 11.8 Å². The van der Waals surface area contributed by atoms with Crippen LogP contribution in [0.2, 0.25) is 0 Å². The zero-order valence-corrected chi connectivity index (χ0v) is 16.7. The number of aromatic nitrogens is 1. The van der Waals surface area contributed by atoms with Gasteiger partial charge in [0, 0.05) is 24.7 Å². The van der Waals surface area contributed by atoms with Crippen LogP contribution in [0, 0.1) is 18.6 Å². The van der Waals surface area contributed by atoms with E-state index in [9.17, 15) is 13.6 Å². The van der Waals surface area contributed by atoms with E-state index in [0.717, 1.165) is 24.9 Å². The van der Waals surface area contributed by atoms with Gasteiger partial charge in [0.05, 0.1) is 17.8 Å². The largest absolute Gasteiger partial charge is 0.444 e. The highest BCUT2D eigenvalue weighted by Gasteiger charge is 2.24. The van der Waals surface area contributed by atoms with E-state index in [-0.39, 0.29) is 30.0 Å². The van der Waals surface area contributed by atoms with E-state index in [2.05, 4.69) is 10.3 Å². The lowest BCUT2D eigenvalue weighted by molar-refractivity contribution is -0.121. The minimum atomic E-state index is -0.336. The Balaban J connectivity index is 1.36. The molecule has 0 spiro atoms. The lowest BCUT2D eigenvalue weighted by atomic mass is 10.0. The summed E-state index contributed by atoms with van der Waals surface area (Å²) in [6.07, 6.45) is 3.24. The first-order chi connectivity index (χ1) is 14.5. The number of oxazole rings is 1. The minimum absolute atomic E-state index is 0.0605. The third kappa shape index (κ3) is 4.67. The van der Waals surface area contributed by atoms with Crippen molar-refractivity contribution in [1.82, 2.24) is 10.3 Å². The number of nitrogens with one attached hydrogen (secondary N) is 1. The normalized spacial score (nSPS) is 16.5. The van der Waals surface area contributed by atoms with Gasteiger partial charge in [0.15, 0.2) is 0 Å². The molecule has 1 aromatic heterocycles. The van der Waals surface area contributed by atoms with Gasteiger partial charge in [-0.2, -0.15) is 0 Å². The van der Waals surface area contributed by atoms with Crippen LogP contribution in [0.4, 0.5) is 14.5 Å². The molecule has 5 nitrogen and oxygen atoms in total. The second kappa shape index (κ2) is 8.65. The van der Waals surface area contributed by atoms with Crippen LogP contribution in [0.1, 0.15) is 24.1 Å². The number of anilines is 1. The van der Waals surface area contributed by atoms with Crippen LogP contribution < -0.4 is 10.2 Å². The second-order valence-electron chi connectivity index (χ2n) is 7.64. The van der Waals surface area contributed by atoms with Crippen LogP contribution >= 0.6 is 0 Å². The van der Waals surface area contributed by atoms with Crippen molar-refractivity contribution in [3.05, 3.63) is 71.6 Å². The number of nitrogens with zero attached hydrogens (tertiary/aromatic N) is 2. The number of amides is 1. The van der Waals surface area contributed by atoms with Gasteiger partial charge in [0.25, 0.3) is 0 Å². The molecule has 1 atom stereocenters. The van der Waals surface area contributed by atoms with Crippen molar-refractivity contribution >= 4 is 11.6 Å². The first kappa shape index (κ1) is 20.1. The molecule has 3 aromatic rings. The summed E-state index contributed by atoms with van der Waals surface area (Å²) in [7, 11) is 0. The Morgan fingerprint density at radius 1 is 1.23 bits per heavy atom. The maximum Gasteiger partial charge on any atom is 0.226 e. The molecule has 1 fully saturated rings. The van der Waals surface area contributed by atoms with Gasteiger partial charge in [0.1, 0.15) is 17.9 Å². The average molecular weight is 411 g/mol. The lowest BCUT2D eigenvalue weighted by Gasteiger charge is -2.35. The van der Waals surface area contributed by atoms with Crippen molar-refractivity contribution < 1.29 is 18.0 Å². The number of halogens is 2. The summed E-state index contributed by atoms with van der Waals surface area (Å²) in [5.74, 6) is -0.400. The zero-order chi connectivity index (χ0) is 21.1. The molecule has 1 aliphatic heterocycles. The van der Waals surface area contributed by atoms with Gasteiger partial charge >= 0.3 is 0 Å². The fourth-order valence-corrected chi connectivity index (χ4v) is 3.74. The van der Waals surface area contributed by atoms with E-state index in [1.807, 2.05) is 17.9 Å². The summed E-state index contributed by atoms with van der Waals surface area (Å²) in [4.78, 5) is 18.8. The standard InChI is InChI=1S/C23H23F2N3O2/c1-15-4-9-20(25)21(11-15)28-10-2-3-18(13-28)26-22(29)12-19-14-30-23(27-19)16-5-7-17(24)8-6-16/h4-9,11,14,18H,2-3,10,12-13H2,1H3,(H,26,29). The summed E-state index contributed by atoms with van der Waals surface area (Å²) < 4.78 is 32.7. The lowest BCUT2D eigenvalue weighted by Crippen LogP contribution is -2.48. The Hall–Kier alpha value is -3.22. The first-order valence-corrected chi connectivity index (χ1v) is 9.99. The van der Waals surface area contributed by atoms with Gasteiger partial charge in [-0.1, -0.05) is 6.07 Å². The molecule has 1 aliphatic rings. The molecule has 0 bridgehead atoms. The molecule has 0 radical (unpaired) electrons. The number of rotatable bonds is 5. The molecule has 2 aromatic carbocycles. The third-order valence-corrected chi connectivity index (χ3v) is 5.21. The minimum Gasteiger partial charge on any atom is -0.444 e. The molecule has 7 heteroatoms. The van der Waals surface area contributed by atoms with E-state index in [1.54, 1.807) is 18.2 Å². The van der Waals surface area contributed by atoms with Gasteiger partial charge in [-0.05, 0) is 61.7 Å². The van der Waals surface area contributed by atoms with E-state index in [0.29, 0.717) is 29.4 Å². The topological polar surface area (TPSA) is 58.4 Å². The Morgan fingerprint density at radius 3 is 2.83 bits per heavy atom. The molecule has 156 valence electrons. The molecule has 1 saturated heterocycles. The Labute approximate surface area is 173 Å². The third-order valence-electron chi connectivity index (χ3n) is 5.21. The smallest absolute Gasteiger partial charge is 0.226 e. The van der Waals surface area contributed by atoms with Crippen molar-refractivity contribution in [2.75, 3.05) is 18.0 Å². The molecule has 1 unspecified atom stereocenters. The van der Waals surface area contributed by atoms with Crippen LogP contribution in [0.3, 0.4) is 0 Å². The summed E-state index contributed by atoms with van der Waals surface area (Å²) in [5, 5.41) is 3.02. The molecule has 1 amide bonds. The predicted molar refractivity (Wildman–Crippen MR) is 110 cm³/mol. The van der Waals surface area contributed by atoms with Gasteiger partial charge < -0.3 is 14.6 Å². The number of piperidine rings is 1. The number of benzene rings is 2. The zero-order valence-electron chi connectivity index (χ0n) is 16.7. The molecule has 0 saturated carbocycles. The number of carbonyl (C=O) groups is 1. The second-order valence-corrected chi connectivity index (χ2v) is 7.64. The number of carbonyl (C=O) groups excluding carboxylic acids is 1. The quantitative estimate of drug-likeness (QED) is 0.682. The summed E-state index contributed by atoms with van der Waals surface area (Å²) in [6.45, 7) is 3.26. The SMILES string of the molecule is Cc1ccc(F)c(N2CCCC(NC(=O)Cc3coc(-c4ccc(F)cc4)n3)C2)c1. The van der Waals surface area contributed by atoms with Crippen molar-refractivity contribution in [2.24, 2.45) is 0 Å². The van der Waals surface area contributed by atoms with Crippen LogP contribution in [-0.4, -0.2) is 30.0 Å². The van der Waals surface area contributed by atoms with E-state index < -0.39 is 0 Å². The van der Waals surface area contributed by atoms with Crippen LogP contribution in [0.5, 0.6) is 0 Å². The Bertz CT molecular complexity index is 1030. The van der Waals surface area contributed by atoms with Crippen molar-refractivity contribution in [2.45, 2.75) is 32.2 Å².